The van der Waals surface area contributed by atoms with E-state index in [1.54, 1.807) is 12.5 Å². The lowest BCUT2D eigenvalue weighted by Gasteiger charge is -2.20. The van der Waals surface area contributed by atoms with Gasteiger partial charge in [0.15, 0.2) is 0 Å². The highest BCUT2D eigenvalue weighted by atomic mass is 16.5. The summed E-state index contributed by atoms with van der Waals surface area (Å²) in [5, 5.41) is 3.95. The molecule has 0 saturated heterocycles. The van der Waals surface area contributed by atoms with Crippen LogP contribution in [0.5, 0.6) is 0 Å². The topological polar surface area (TPSA) is 69.9 Å². The van der Waals surface area contributed by atoms with Crippen molar-refractivity contribution in [1.29, 1.82) is 0 Å². The first-order valence-electron chi connectivity index (χ1n) is 5.18. The van der Waals surface area contributed by atoms with Gasteiger partial charge in [-0.2, -0.15) is 0 Å². The van der Waals surface area contributed by atoms with Gasteiger partial charge >= 0.3 is 0 Å². The Morgan fingerprint density at radius 3 is 2.81 bits per heavy atom. The average molecular weight is 220 g/mol. The zero-order valence-corrected chi connectivity index (χ0v) is 9.77. The van der Waals surface area contributed by atoms with Gasteiger partial charge in [0.05, 0.1) is 24.1 Å². The second kappa shape index (κ2) is 3.75. The molecule has 2 heterocycles. The molecule has 0 aliphatic rings. The molecular formula is C11H16N4O. The van der Waals surface area contributed by atoms with Crippen LogP contribution in [0.2, 0.25) is 0 Å². The molecule has 2 N–H and O–H groups in total. The molecule has 0 aliphatic carbocycles. The summed E-state index contributed by atoms with van der Waals surface area (Å²) in [5.41, 5.74) is 7.50. The maximum Gasteiger partial charge on any atom is 0.133 e. The van der Waals surface area contributed by atoms with E-state index in [-0.39, 0.29) is 0 Å². The van der Waals surface area contributed by atoms with Crippen LogP contribution in [-0.2, 0) is 12.1 Å². The third kappa shape index (κ3) is 2.14. The van der Waals surface area contributed by atoms with Crippen molar-refractivity contribution in [2.75, 3.05) is 0 Å². The quantitative estimate of drug-likeness (QED) is 0.849. The van der Waals surface area contributed by atoms with Gasteiger partial charge in [-0.25, -0.2) is 4.98 Å². The molecule has 0 bridgehead atoms. The predicted molar refractivity (Wildman–Crippen MR) is 59.8 cm³/mol. The van der Waals surface area contributed by atoms with Crippen LogP contribution in [0, 0.1) is 6.92 Å². The summed E-state index contributed by atoms with van der Waals surface area (Å²) >= 11 is 0. The molecule has 2 aromatic heterocycles. The molecule has 5 heteroatoms. The van der Waals surface area contributed by atoms with Gasteiger partial charge in [0, 0.05) is 12.3 Å². The molecule has 0 aliphatic heterocycles. The van der Waals surface area contributed by atoms with Gasteiger partial charge in [0.25, 0.3) is 0 Å². The van der Waals surface area contributed by atoms with Crippen molar-refractivity contribution in [1.82, 2.24) is 14.7 Å². The number of rotatable bonds is 3. The number of nitrogens with two attached hydrogens (primary N) is 1. The van der Waals surface area contributed by atoms with Crippen LogP contribution in [-0.4, -0.2) is 14.7 Å². The van der Waals surface area contributed by atoms with E-state index in [9.17, 15) is 0 Å². The molecular weight excluding hydrogens is 204 g/mol. The summed E-state index contributed by atoms with van der Waals surface area (Å²) in [5.74, 6) is 0.809. The van der Waals surface area contributed by atoms with Crippen molar-refractivity contribution >= 4 is 0 Å². The number of imidazole rings is 1. The van der Waals surface area contributed by atoms with Gasteiger partial charge in [-0.05, 0) is 20.8 Å². The lowest BCUT2D eigenvalue weighted by molar-refractivity contribution is 0.387. The summed E-state index contributed by atoms with van der Waals surface area (Å²) in [7, 11) is 0. The lowest BCUT2D eigenvalue weighted by atomic mass is 10.0. The van der Waals surface area contributed by atoms with Crippen LogP contribution in [0.25, 0.3) is 0 Å². The van der Waals surface area contributed by atoms with E-state index in [1.165, 1.54) is 0 Å². The van der Waals surface area contributed by atoms with Gasteiger partial charge in [0.1, 0.15) is 11.5 Å². The molecule has 0 aromatic carbocycles. The van der Waals surface area contributed by atoms with E-state index in [0.717, 1.165) is 17.1 Å². The number of aromatic nitrogens is 3. The normalized spacial score (nSPS) is 12.0. The van der Waals surface area contributed by atoms with Crippen molar-refractivity contribution in [3.8, 4) is 0 Å². The standard InChI is InChI=1S/C11H16N4O/c1-8-4-9(14-16-8)6-15-7-13-5-10(15)11(2,3)12/h4-5,7H,6,12H2,1-3H3. The minimum atomic E-state index is -0.407. The molecule has 2 aromatic rings. The summed E-state index contributed by atoms with van der Waals surface area (Å²) in [6.07, 6.45) is 3.54. The van der Waals surface area contributed by atoms with E-state index >= 15 is 0 Å². The Hall–Kier alpha value is -1.62. The Morgan fingerprint density at radius 1 is 1.50 bits per heavy atom. The van der Waals surface area contributed by atoms with Gasteiger partial charge in [-0.1, -0.05) is 5.16 Å². The number of nitrogens with zero attached hydrogens (tertiary/aromatic N) is 3. The molecule has 5 nitrogen and oxygen atoms in total. The second-order valence-electron chi connectivity index (χ2n) is 4.56. The van der Waals surface area contributed by atoms with Crippen LogP contribution in [0.15, 0.2) is 23.1 Å². The lowest BCUT2D eigenvalue weighted by Crippen LogP contribution is -2.31. The number of hydrogen-bond donors (Lipinski definition) is 1. The molecule has 0 fully saturated rings. The molecule has 0 amide bonds. The monoisotopic (exact) mass is 220 g/mol. The highest BCUT2D eigenvalue weighted by Crippen LogP contribution is 2.17. The third-order valence-corrected chi connectivity index (χ3v) is 2.38. The molecule has 0 radical (unpaired) electrons. The smallest absolute Gasteiger partial charge is 0.133 e. The molecule has 0 saturated carbocycles. The first-order chi connectivity index (χ1) is 7.47. The van der Waals surface area contributed by atoms with E-state index in [1.807, 2.05) is 31.4 Å². The van der Waals surface area contributed by atoms with Gasteiger partial charge in [-0.15, -0.1) is 0 Å². The average Bonchev–Trinajstić information content (AvgIpc) is 2.74. The zero-order chi connectivity index (χ0) is 11.8. The van der Waals surface area contributed by atoms with Gasteiger partial charge < -0.3 is 14.8 Å². The van der Waals surface area contributed by atoms with Crippen molar-refractivity contribution in [3.05, 3.63) is 35.7 Å². The SMILES string of the molecule is Cc1cc(Cn2cncc2C(C)(C)N)no1. The minimum Gasteiger partial charge on any atom is -0.361 e. The summed E-state index contributed by atoms with van der Waals surface area (Å²) in [6, 6.07) is 1.91. The Bertz CT molecular complexity index is 478. The van der Waals surface area contributed by atoms with Crippen LogP contribution in [0.3, 0.4) is 0 Å². The molecule has 0 atom stereocenters. The van der Waals surface area contributed by atoms with E-state index in [2.05, 4.69) is 10.1 Å². The Balaban J connectivity index is 2.25. The predicted octanol–water partition coefficient (Wildman–Crippen LogP) is 1.42. The summed E-state index contributed by atoms with van der Waals surface area (Å²) in [4.78, 5) is 4.12. The van der Waals surface area contributed by atoms with Crippen molar-refractivity contribution in [2.45, 2.75) is 32.9 Å². The van der Waals surface area contributed by atoms with Crippen LogP contribution in [0.1, 0.15) is 31.0 Å². The molecule has 0 spiro atoms. The minimum absolute atomic E-state index is 0.407. The van der Waals surface area contributed by atoms with Crippen molar-refractivity contribution in [3.63, 3.8) is 0 Å². The fourth-order valence-electron chi connectivity index (χ4n) is 1.65. The van der Waals surface area contributed by atoms with Crippen LogP contribution >= 0.6 is 0 Å². The summed E-state index contributed by atoms with van der Waals surface area (Å²) < 4.78 is 7.01. The van der Waals surface area contributed by atoms with E-state index in [0.29, 0.717) is 6.54 Å². The molecule has 0 unspecified atom stereocenters. The molecule has 16 heavy (non-hydrogen) atoms. The second-order valence-corrected chi connectivity index (χ2v) is 4.56. The zero-order valence-electron chi connectivity index (χ0n) is 9.77. The fourth-order valence-corrected chi connectivity index (χ4v) is 1.65. The molecule has 86 valence electrons. The van der Waals surface area contributed by atoms with Crippen molar-refractivity contribution in [2.24, 2.45) is 5.73 Å². The van der Waals surface area contributed by atoms with Crippen molar-refractivity contribution < 1.29 is 4.52 Å². The summed E-state index contributed by atoms with van der Waals surface area (Å²) in [6.45, 7) is 6.41. The molecule has 2 rings (SSSR count). The van der Waals surface area contributed by atoms with Crippen LogP contribution < -0.4 is 5.73 Å². The third-order valence-electron chi connectivity index (χ3n) is 2.38. The first kappa shape index (κ1) is 10.9. The highest BCUT2D eigenvalue weighted by molar-refractivity contribution is 5.13. The maximum absolute atomic E-state index is 6.06. The number of aryl methyl sites for hydroxylation is 1. The Labute approximate surface area is 94.3 Å². The first-order valence-corrected chi connectivity index (χ1v) is 5.18. The van der Waals surface area contributed by atoms with Gasteiger partial charge in [0.2, 0.25) is 0 Å². The Morgan fingerprint density at radius 2 is 2.25 bits per heavy atom. The highest BCUT2D eigenvalue weighted by Gasteiger charge is 2.19. The fraction of sp³-hybridized carbons (Fsp3) is 0.455. The van der Waals surface area contributed by atoms with E-state index < -0.39 is 5.54 Å². The van der Waals surface area contributed by atoms with Gasteiger partial charge in [-0.3, -0.25) is 0 Å². The van der Waals surface area contributed by atoms with Crippen LogP contribution in [0.4, 0.5) is 0 Å². The Kier molecular flexibility index (Phi) is 2.55. The largest absolute Gasteiger partial charge is 0.361 e. The number of hydrogen-bond acceptors (Lipinski definition) is 4. The maximum atomic E-state index is 6.06. The van der Waals surface area contributed by atoms with E-state index in [4.69, 9.17) is 10.3 Å².